The Morgan fingerprint density at radius 2 is 2.04 bits per heavy atom. The van der Waals surface area contributed by atoms with Gasteiger partial charge in [0, 0.05) is 19.0 Å². The predicted molar refractivity (Wildman–Crippen MR) is 104 cm³/mol. The lowest BCUT2D eigenvalue weighted by atomic mass is 9.92. The molecule has 8 heteroatoms. The Hall–Kier alpha value is -2.48. The molecule has 1 amide bonds. The van der Waals surface area contributed by atoms with Gasteiger partial charge in [-0.3, -0.25) is 9.69 Å². The normalized spacial score (nSPS) is 20.6. The predicted octanol–water partition coefficient (Wildman–Crippen LogP) is 3.00. The van der Waals surface area contributed by atoms with Gasteiger partial charge in [-0.1, -0.05) is 12.1 Å². The topological polar surface area (TPSA) is 80.8 Å². The van der Waals surface area contributed by atoms with E-state index in [-0.39, 0.29) is 23.8 Å². The van der Waals surface area contributed by atoms with Gasteiger partial charge in [0.1, 0.15) is 22.3 Å². The summed E-state index contributed by atoms with van der Waals surface area (Å²) in [5, 5.41) is 0. The summed E-state index contributed by atoms with van der Waals surface area (Å²) < 4.78 is 19.7. The molecule has 2 unspecified atom stereocenters. The molecule has 0 spiro atoms. The van der Waals surface area contributed by atoms with Crippen molar-refractivity contribution >= 4 is 27.8 Å². The van der Waals surface area contributed by atoms with Crippen LogP contribution in [0, 0.1) is 5.82 Å². The third-order valence-corrected chi connectivity index (χ3v) is 4.96. The quantitative estimate of drug-likeness (QED) is 0.733. The van der Waals surface area contributed by atoms with Crippen molar-refractivity contribution in [3.05, 3.63) is 58.1 Å². The fourth-order valence-electron chi connectivity index (χ4n) is 3.06. The summed E-state index contributed by atoms with van der Waals surface area (Å²) in [5.74, 6) is 0.0874. The maximum atomic E-state index is 13.1. The first-order valence-electron chi connectivity index (χ1n) is 8.41. The van der Waals surface area contributed by atoms with Gasteiger partial charge < -0.3 is 10.5 Å². The molecule has 2 aromatic rings. The molecule has 1 aromatic carbocycles. The second kappa shape index (κ2) is 7.26. The van der Waals surface area contributed by atoms with Crippen LogP contribution in [-0.2, 0) is 16.8 Å². The standard InChI is InChI=1S/C19H20BrFN4O2/c1-11(8-12-4-6-13(21)7-5-12)27-15-10-23-16(20)9-14(15)19(2)17(26)25(3)18(22)24-19/h4-7,9-11H,8H2,1-3H3,(H2,22,24). The van der Waals surface area contributed by atoms with E-state index in [1.165, 1.54) is 17.0 Å². The Balaban J connectivity index is 1.88. The molecule has 1 aliphatic rings. The van der Waals surface area contributed by atoms with Gasteiger partial charge in [0.05, 0.1) is 6.20 Å². The van der Waals surface area contributed by atoms with E-state index < -0.39 is 5.54 Å². The van der Waals surface area contributed by atoms with E-state index in [0.29, 0.717) is 22.3 Å². The Kier molecular flexibility index (Phi) is 5.19. The number of hydrogen-bond acceptors (Lipinski definition) is 5. The highest BCUT2D eigenvalue weighted by molar-refractivity contribution is 9.10. The molecule has 2 atom stereocenters. The number of likely N-dealkylation sites (N-methyl/N-ethyl adjacent to an activating group) is 1. The molecule has 0 saturated heterocycles. The monoisotopic (exact) mass is 434 g/mol. The van der Waals surface area contributed by atoms with Crippen molar-refractivity contribution in [3.63, 3.8) is 0 Å². The SMILES string of the molecule is CC(Cc1ccc(F)cc1)Oc1cnc(Br)cc1C1(C)N=C(N)N(C)C1=O. The molecule has 2 N–H and O–H groups in total. The Morgan fingerprint density at radius 3 is 2.63 bits per heavy atom. The lowest BCUT2D eigenvalue weighted by Gasteiger charge is -2.25. The number of nitrogens with zero attached hydrogens (tertiary/aromatic N) is 3. The van der Waals surface area contributed by atoms with Gasteiger partial charge >= 0.3 is 0 Å². The lowest BCUT2D eigenvalue weighted by molar-refractivity contribution is -0.130. The van der Waals surface area contributed by atoms with Gasteiger partial charge in [-0.25, -0.2) is 14.4 Å². The minimum atomic E-state index is -1.19. The van der Waals surface area contributed by atoms with Crippen molar-refractivity contribution in [3.8, 4) is 5.75 Å². The third-order valence-electron chi connectivity index (χ3n) is 4.53. The van der Waals surface area contributed by atoms with Gasteiger partial charge in [-0.05, 0) is 53.5 Å². The molecular weight excluding hydrogens is 415 g/mol. The van der Waals surface area contributed by atoms with E-state index in [4.69, 9.17) is 10.5 Å². The van der Waals surface area contributed by atoms with Crippen molar-refractivity contribution in [2.24, 2.45) is 10.7 Å². The first-order chi connectivity index (χ1) is 12.7. The van der Waals surface area contributed by atoms with Crippen LogP contribution in [0.2, 0.25) is 0 Å². The van der Waals surface area contributed by atoms with Crippen molar-refractivity contribution in [2.75, 3.05) is 7.05 Å². The minimum Gasteiger partial charge on any atom is -0.488 e. The molecule has 0 bridgehead atoms. The smallest absolute Gasteiger partial charge is 0.261 e. The molecule has 0 aliphatic carbocycles. The van der Waals surface area contributed by atoms with Crippen LogP contribution in [0.1, 0.15) is 25.0 Å². The summed E-state index contributed by atoms with van der Waals surface area (Å²) in [6, 6.07) is 7.99. The zero-order valence-corrected chi connectivity index (χ0v) is 16.8. The highest BCUT2D eigenvalue weighted by Crippen LogP contribution is 2.38. The van der Waals surface area contributed by atoms with E-state index in [0.717, 1.165) is 5.56 Å². The van der Waals surface area contributed by atoms with Crippen LogP contribution in [-0.4, -0.2) is 34.9 Å². The van der Waals surface area contributed by atoms with Gasteiger partial charge in [0.2, 0.25) is 0 Å². The largest absolute Gasteiger partial charge is 0.488 e. The van der Waals surface area contributed by atoms with Crippen LogP contribution in [0.4, 0.5) is 4.39 Å². The maximum absolute atomic E-state index is 13.1. The molecule has 0 saturated carbocycles. The Morgan fingerprint density at radius 1 is 1.37 bits per heavy atom. The third kappa shape index (κ3) is 3.80. The average Bonchev–Trinajstić information content (AvgIpc) is 2.82. The minimum absolute atomic E-state index is 0.153. The van der Waals surface area contributed by atoms with E-state index in [9.17, 15) is 9.18 Å². The van der Waals surface area contributed by atoms with Gasteiger partial charge in [0.15, 0.2) is 11.5 Å². The number of pyridine rings is 1. The van der Waals surface area contributed by atoms with Crippen LogP contribution in [0.25, 0.3) is 0 Å². The van der Waals surface area contributed by atoms with E-state index in [1.54, 1.807) is 38.4 Å². The first-order valence-corrected chi connectivity index (χ1v) is 9.20. The van der Waals surface area contributed by atoms with Gasteiger partial charge in [0.25, 0.3) is 5.91 Å². The maximum Gasteiger partial charge on any atom is 0.261 e. The number of carbonyl (C=O) groups excluding carboxylic acids is 1. The summed E-state index contributed by atoms with van der Waals surface area (Å²) in [5.41, 5.74) is 6.18. The molecule has 27 heavy (non-hydrogen) atoms. The number of hydrogen-bond donors (Lipinski definition) is 1. The second-order valence-electron chi connectivity index (χ2n) is 6.67. The van der Waals surface area contributed by atoms with Crippen molar-refractivity contribution in [2.45, 2.75) is 31.9 Å². The number of rotatable bonds is 5. The summed E-state index contributed by atoms with van der Waals surface area (Å²) in [6.07, 6.45) is 1.91. The van der Waals surface area contributed by atoms with Crippen molar-refractivity contribution < 1.29 is 13.9 Å². The number of aromatic nitrogens is 1. The summed E-state index contributed by atoms with van der Waals surface area (Å²) in [6.45, 7) is 3.60. The van der Waals surface area contributed by atoms with Gasteiger partial charge in [-0.15, -0.1) is 0 Å². The van der Waals surface area contributed by atoms with Gasteiger partial charge in [-0.2, -0.15) is 0 Å². The molecular formula is C19H20BrFN4O2. The van der Waals surface area contributed by atoms with E-state index in [1.807, 2.05) is 6.92 Å². The van der Waals surface area contributed by atoms with Crippen molar-refractivity contribution in [1.82, 2.24) is 9.88 Å². The zero-order valence-electron chi connectivity index (χ0n) is 15.2. The fourth-order valence-corrected chi connectivity index (χ4v) is 3.39. The Bertz CT molecular complexity index is 903. The second-order valence-corrected chi connectivity index (χ2v) is 7.48. The lowest BCUT2D eigenvalue weighted by Crippen LogP contribution is -2.39. The van der Waals surface area contributed by atoms with E-state index >= 15 is 0 Å². The average molecular weight is 435 g/mol. The molecule has 3 rings (SSSR count). The molecule has 0 radical (unpaired) electrons. The number of carbonyl (C=O) groups is 1. The molecule has 2 heterocycles. The van der Waals surface area contributed by atoms with Crippen LogP contribution in [0.15, 0.2) is 46.1 Å². The van der Waals surface area contributed by atoms with Crippen molar-refractivity contribution in [1.29, 1.82) is 0 Å². The summed E-state index contributed by atoms with van der Waals surface area (Å²) in [4.78, 5) is 22.6. The summed E-state index contributed by atoms with van der Waals surface area (Å²) in [7, 11) is 1.58. The van der Waals surface area contributed by atoms with Crippen LogP contribution < -0.4 is 10.5 Å². The molecule has 0 fully saturated rings. The zero-order chi connectivity index (χ0) is 19.8. The number of aliphatic imine (C=N–C) groups is 1. The number of guanidine groups is 1. The molecule has 142 valence electrons. The molecule has 1 aliphatic heterocycles. The number of benzene rings is 1. The molecule has 1 aromatic heterocycles. The van der Waals surface area contributed by atoms with E-state index in [2.05, 4.69) is 25.9 Å². The van der Waals surface area contributed by atoms with Crippen LogP contribution >= 0.6 is 15.9 Å². The molecule has 6 nitrogen and oxygen atoms in total. The highest BCUT2D eigenvalue weighted by atomic mass is 79.9. The van der Waals surface area contributed by atoms with Crippen LogP contribution in [0.5, 0.6) is 5.75 Å². The number of ether oxygens (including phenoxy) is 1. The highest BCUT2D eigenvalue weighted by Gasteiger charge is 2.46. The summed E-state index contributed by atoms with van der Waals surface area (Å²) >= 11 is 3.34. The Labute approximate surface area is 165 Å². The number of halogens is 2. The number of nitrogens with two attached hydrogens (primary N) is 1. The fraction of sp³-hybridized carbons (Fsp3) is 0.316. The first kappa shape index (κ1) is 19.3. The van der Waals surface area contributed by atoms with Crippen LogP contribution in [0.3, 0.4) is 0 Å². The number of amides is 1.